The number of hydrogen-bond donors (Lipinski definition) is 0. The minimum atomic E-state index is -3.64. The predicted octanol–water partition coefficient (Wildman–Crippen LogP) is 3.24. The molecule has 0 N–H and O–H groups in total. The number of halogens is 1. The molecule has 0 unspecified atom stereocenters. The Kier molecular flexibility index (Phi) is 3.03. The molecular weight excluding hydrogens is 296 g/mol. The number of aromatic nitrogens is 2. The average Bonchev–Trinajstić information content (AvgIpc) is 2.84. The van der Waals surface area contributed by atoms with Gasteiger partial charge in [0.15, 0.2) is 5.65 Å². The van der Waals surface area contributed by atoms with Crippen molar-refractivity contribution in [3.63, 3.8) is 0 Å². The maximum Gasteiger partial charge on any atom is 0.269 e. The van der Waals surface area contributed by atoms with E-state index in [1.807, 2.05) is 0 Å². The van der Waals surface area contributed by atoms with E-state index in [4.69, 9.17) is 11.6 Å². The Bertz CT molecular complexity index is 886. The summed E-state index contributed by atoms with van der Waals surface area (Å²) in [7, 11) is -3.64. The highest BCUT2D eigenvalue weighted by molar-refractivity contribution is 7.90. The molecule has 3 aromatic rings. The number of aryl methyl sites for hydroxylation is 1. The third-order valence-corrected chi connectivity index (χ3v) is 5.12. The monoisotopic (exact) mass is 306 g/mol. The van der Waals surface area contributed by atoms with Gasteiger partial charge in [0.1, 0.15) is 0 Å². The second-order valence-electron chi connectivity index (χ2n) is 4.40. The Balaban J connectivity index is 2.28. The first kappa shape index (κ1) is 13.1. The van der Waals surface area contributed by atoms with Crippen molar-refractivity contribution < 1.29 is 8.42 Å². The molecule has 0 radical (unpaired) electrons. The lowest BCUT2D eigenvalue weighted by Crippen LogP contribution is -2.12. The number of nitrogens with zero attached hydrogens (tertiary/aromatic N) is 2. The summed E-state index contributed by atoms with van der Waals surface area (Å²) in [6.07, 6.45) is 1.50. The smallest absolute Gasteiger partial charge is 0.233 e. The van der Waals surface area contributed by atoms with Crippen LogP contribution in [-0.2, 0) is 10.0 Å². The second-order valence-corrected chi connectivity index (χ2v) is 6.62. The third kappa shape index (κ3) is 1.99. The summed E-state index contributed by atoms with van der Waals surface area (Å²) in [4.78, 5) is 4.51. The number of pyridine rings is 1. The van der Waals surface area contributed by atoms with E-state index in [1.54, 1.807) is 49.4 Å². The fraction of sp³-hybridized carbons (Fsp3) is 0.0714. The number of benzene rings is 1. The van der Waals surface area contributed by atoms with Gasteiger partial charge < -0.3 is 0 Å². The summed E-state index contributed by atoms with van der Waals surface area (Å²) in [5, 5.41) is 1.22. The summed E-state index contributed by atoms with van der Waals surface area (Å²) in [5.74, 6) is 0. The first-order valence-corrected chi connectivity index (χ1v) is 7.77. The fourth-order valence-electron chi connectivity index (χ4n) is 2.00. The predicted molar refractivity (Wildman–Crippen MR) is 78.5 cm³/mol. The van der Waals surface area contributed by atoms with Gasteiger partial charge in [-0.2, -0.15) is 0 Å². The zero-order valence-corrected chi connectivity index (χ0v) is 12.2. The molecule has 0 aliphatic carbocycles. The van der Waals surface area contributed by atoms with Crippen molar-refractivity contribution in [2.75, 3.05) is 0 Å². The Morgan fingerprint density at radius 2 is 1.85 bits per heavy atom. The maximum absolute atomic E-state index is 12.6. The van der Waals surface area contributed by atoms with Crippen LogP contribution in [0.1, 0.15) is 5.69 Å². The van der Waals surface area contributed by atoms with Crippen molar-refractivity contribution in [3.05, 3.63) is 59.4 Å². The quantitative estimate of drug-likeness (QED) is 0.730. The van der Waals surface area contributed by atoms with Crippen LogP contribution in [0.3, 0.4) is 0 Å². The summed E-state index contributed by atoms with van der Waals surface area (Å²) in [5.41, 5.74) is 0.984. The van der Waals surface area contributed by atoms with Crippen molar-refractivity contribution in [3.8, 4) is 0 Å². The lowest BCUT2D eigenvalue weighted by atomic mass is 10.3. The van der Waals surface area contributed by atoms with Gasteiger partial charge in [0.25, 0.3) is 10.0 Å². The molecule has 0 saturated carbocycles. The molecule has 3 rings (SSSR count). The van der Waals surface area contributed by atoms with Crippen molar-refractivity contribution in [1.29, 1.82) is 0 Å². The van der Waals surface area contributed by atoms with Crippen molar-refractivity contribution in [2.45, 2.75) is 11.8 Å². The van der Waals surface area contributed by atoms with E-state index in [9.17, 15) is 8.42 Å². The van der Waals surface area contributed by atoms with Crippen LogP contribution >= 0.6 is 11.6 Å². The lowest BCUT2D eigenvalue weighted by molar-refractivity contribution is 0.588. The highest BCUT2D eigenvalue weighted by atomic mass is 35.5. The van der Waals surface area contributed by atoms with Gasteiger partial charge in [0, 0.05) is 11.6 Å². The number of fused-ring (bicyclic) bond motifs is 1. The molecule has 0 aliphatic heterocycles. The molecule has 1 aromatic carbocycles. The zero-order chi connectivity index (χ0) is 14.3. The molecule has 0 amide bonds. The van der Waals surface area contributed by atoms with Gasteiger partial charge in [-0.15, -0.1) is 0 Å². The van der Waals surface area contributed by atoms with Crippen LogP contribution in [0.4, 0.5) is 0 Å². The molecule has 0 saturated heterocycles. The van der Waals surface area contributed by atoms with E-state index in [1.165, 1.54) is 10.2 Å². The highest BCUT2D eigenvalue weighted by Gasteiger charge is 2.19. The molecule has 2 aromatic heterocycles. The van der Waals surface area contributed by atoms with Gasteiger partial charge in [-0.3, -0.25) is 0 Å². The largest absolute Gasteiger partial charge is 0.269 e. The van der Waals surface area contributed by atoms with Crippen LogP contribution in [0.25, 0.3) is 11.0 Å². The van der Waals surface area contributed by atoms with E-state index in [0.717, 1.165) is 0 Å². The molecule has 20 heavy (non-hydrogen) atoms. The molecule has 0 fully saturated rings. The molecule has 0 aliphatic rings. The zero-order valence-electron chi connectivity index (χ0n) is 10.6. The van der Waals surface area contributed by atoms with E-state index in [-0.39, 0.29) is 4.90 Å². The van der Waals surface area contributed by atoms with Crippen molar-refractivity contribution in [1.82, 2.24) is 8.96 Å². The maximum atomic E-state index is 12.6. The Morgan fingerprint density at radius 3 is 2.55 bits per heavy atom. The minimum absolute atomic E-state index is 0.229. The van der Waals surface area contributed by atoms with Gasteiger partial charge in [-0.1, -0.05) is 29.8 Å². The molecular formula is C14H11ClN2O2S. The normalized spacial score (nSPS) is 11.9. The van der Waals surface area contributed by atoms with Gasteiger partial charge in [0.05, 0.1) is 15.6 Å². The summed E-state index contributed by atoms with van der Waals surface area (Å²) < 4.78 is 26.4. The standard InChI is InChI=1S/C14H11ClN2O2S/c1-10-13(15)9-11-7-8-17(14(11)16-10)20(18,19)12-5-3-2-4-6-12/h2-9H,1H3. The van der Waals surface area contributed by atoms with Gasteiger partial charge in [0.2, 0.25) is 0 Å². The first-order valence-electron chi connectivity index (χ1n) is 5.95. The topological polar surface area (TPSA) is 52.0 Å². The Hall–Kier alpha value is -1.85. The average molecular weight is 307 g/mol. The van der Waals surface area contributed by atoms with Crippen LogP contribution < -0.4 is 0 Å². The molecule has 2 heterocycles. The van der Waals surface area contributed by atoms with Gasteiger partial charge in [-0.25, -0.2) is 17.4 Å². The molecule has 0 bridgehead atoms. The number of rotatable bonds is 2. The summed E-state index contributed by atoms with van der Waals surface area (Å²) in [6, 6.07) is 11.7. The molecule has 0 atom stereocenters. The third-order valence-electron chi connectivity index (χ3n) is 3.06. The van der Waals surface area contributed by atoms with Crippen LogP contribution in [0.2, 0.25) is 5.02 Å². The molecule has 4 nitrogen and oxygen atoms in total. The fourth-order valence-corrected chi connectivity index (χ4v) is 3.48. The summed E-state index contributed by atoms with van der Waals surface area (Å²) in [6.45, 7) is 1.74. The van der Waals surface area contributed by atoms with E-state index >= 15 is 0 Å². The van der Waals surface area contributed by atoms with E-state index < -0.39 is 10.0 Å². The van der Waals surface area contributed by atoms with Crippen LogP contribution in [0.15, 0.2) is 53.6 Å². The first-order chi connectivity index (χ1) is 9.50. The Morgan fingerprint density at radius 1 is 1.15 bits per heavy atom. The van der Waals surface area contributed by atoms with E-state index in [0.29, 0.717) is 21.7 Å². The van der Waals surface area contributed by atoms with Crippen LogP contribution in [-0.4, -0.2) is 17.4 Å². The van der Waals surface area contributed by atoms with Crippen LogP contribution in [0.5, 0.6) is 0 Å². The van der Waals surface area contributed by atoms with Crippen LogP contribution in [0, 0.1) is 6.92 Å². The molecule has 0 spiro atoms. The molecule has 6 heteroatoms. The highest BCUT2D eigenvalue weighted by Crippen LogP contribution is 2.24. The summed E-state index contributed by atoms with van der Waals surface area (Å²) >= 11 is 6.01. The van der Waals surface area contributed by atoms with Gasteiger partial charge in [-0.05, 0) is 31.2 Å². The van der Waals surface area contributed by atoms with Crippen molar-refractivity contribution in [2.24, 2.45) is 0 Å². The lowest BCUT2D eigenvalue weighted by Gasteiger charge is -2.07. The minimum Gasteiger partial charge on any atom is -0.233 e. The van der Waals surface area contributed by atoms with Crippen molar-refractivity contribution >= 4 is 32.7 Å². The molecule has 102 valence electrons. The number of hydrogen-bond acceptors (Lipinski definition) is 3. The van der Waals surface area contributed by atoms with Gasteiger partial charge >= 0.3 is 0 Å². The Labute approximate surface area is 121 Å². The van der Waals surface area contributed by atoms with E-state index in [2.05, 4.69) is 4.98 Å². The SMILES string of the molecule is Cc1nc2c(ccn2S(=O)(=O)c2ccccc2)cc1Cl. The second kappa shape index (κ2) is 4.61.